The Kier molecular flexibility index (Phi) is 4.60. The topological polar surface area (TPSA) is 29.3 Å². The van der Waals surface area contributed by atoms with Crippen molar-refractivity contribution in [2.45, 2.75) is 0 Å². The maximum absolute atomic E-state index is 5.20. The van der Waals surface area contributed by atoms with Crippen LogP contribution < -0.4 is 9.64 Å². The highest BCUT2D eigenvalue weighted by atomic mass is 79.9. The molecule has 0 atom stereocenters. The lowest BCUT2D eigenvalue weighted by Crippen LogP contribution is -3.11. The fourth-order valence-electron chi connectivity index (χ4n) is 1.90. The van der Waals surface area contributed by atoms with Crippen molar-refractivity contribution in [3.8, 4) is 5.75 Å². The van der Waals surface area contributed by atoms with Crippen LogP contribution in [0.15, 0.2) is 27.8 Å². The summed E-state index contributed by atoms with van der Waals surface area (Å²) in [6.07, 6.45) is 1.91. The van der Waals surface area contributed by atoms with Crippen LogP contribution in [0.25, 0.3) is 0 Å². The lowest BCUT2D eigenvalue weighted by atomic mass is 10.2. The third-order valence-corrected chi connectivity index (χ3v) is 3.76. The number of hydrogen-bond donors (Lipinski definition) is 1. The number of likely N-dealkylation sites (N-methyl/N-ethyl adjacent to an activating group) is 1. The van der Waals surface area contributed by atoms with E-state index in [1.54, 1.807) is 12.0 Å². The molecule has 1 aromatic carbocycles. The number of hydrazone groups is 1. The Balaban J connectivity index is 1.98. The number of quaternary nitrogens is 1. The summed E-state index contributed by atoms with van der Waals surface area (Å²) in [6.45, 7) is 4.37. The van der Waals surface area contributed by atoms with Gasteiger partial charge in [-0.05, 0) is 39.7 Å². The predicted octanol–water partition coefficient (Wildman–Crippen LogP) is 0.622. The largest absolute Gasteiger partial charge is 0.496 e. The zero-order valence-electron chi connectivity index (χ0n) is 10.8. The van der Waals surface area contributed by atoms with E-state index in [1.807, 2.05) is 24.4 Å². The van der Waals surface area contributed by atoms with Gasteiger partial charge in [0.2, 0.25) is 0 Å². The Bertz CT molecular complexity index is 428. The molecule has 0 unspecified atom stereocenters. The van der Waals surface area contributed by atoms with Crippen LogP contribution in [0.3, 0.4) is 0 Å². The van der Waals surface area contributed by atoms with Gasteiger partial charge in [0, 0.05) is 0 Å². The Hall–Kier alpha value is -1.07. The molecule has 2 rings (SSSR count). The number of rotatable bonds is 3. The zero-order valence-corrected chi connectivity index (χ0v) is 12.4. The van der Waals surface area contributed by atoms with Crippen molar-refractivity contribution in [2.24, 2.45) is 5.10 Å². The monoisotopic (exact) mass is 312 g/mol. The van der Waals surface area contributed by atoms with Gasteiger partial charge in [0.15, 0.2) is 0 Å². The van der Waals surface area contributed by atoms with Gasteiger partial charge >= 0.3 is 0 Å². The van der Waals surface area contributed by atoms with Crippen LogP contribution in [0, 0.1) is 0 Å². The van der Waals surface area contributed by atoms with E-state index < -0.39 is 0 Å². The summed E-state index contributed by atoms with van der Waals surface area (Å²) < 4.78 is 6.16. The van der Waals surface area contributed by atoms with Gasteiger partial charge in [0.1, 0.15) is 5.75 Å². The van der Waals surface area contributed by atoms with Crippen molar-refractivity contribution >= 4 is 22.1 Å². The van der Waals surface area contributed by atoms with Gasteiger partial charge in [-0.1, -0.05) is 0 Å². The van der Waals surface area contributed by atoms with Gasteiger partial charge in [-0.15, -0.1) is 0 Å². The highest BCUT2D eigenvalue weighted by Crippen LogP contribution is 2.24. The number of benzene rings is 1. The maximum Gasteiger partial charge on any atom is 0.133 e. The normalized spacial score (nSPS) is 17.4. The molecule has 0 radical (unpaired) electrons. The second-order valence-corrected chi connectivity index (χ2v) is 5.40. The molecule has 1 N–H and O–H groups in total. The molecule has 5 heteroatoms. The Morgan fingerprint density at radius 3 is 2.72 bits per heavy atom. The lowest BCUT2D eigenvalue weighted by Gasteiger charge is -2.27. The number of hydrogen-bond acceptors (Lipinski definition) is 3. The molecule has 18 heavy (non-hydrogen) atoms. The van der Waals surface area contributed by atoms with Crippen LogP contribution in [0.1, 0.15) is 5.56 Å². The molecule has 1 aliphatic rings. The molecule has 1 heterocycles. The zero-order chi connectivity index (χ0) is 13.0. The molecule has 98 valence electrons. The van der Waals surface area contributed by atoms with Gasteiger partial charge in [-0.2, -0.15) is 5.10 Å². The Morgan fingerprint density at radius 2 is 2.11 bits per heavy atom. The molecule has 0 bridgehead atoms. The van der Waals surface area contributed by atoms with E-state index in [1.165, 1.54) is 0 Å². The first-order valence-electron chi connectivity index (χ1n) is 6.13. The van der Waals surface area contributed by atoms with E-state index in [2.05, 4.69) is 33.1 Å². The second-order valence-electron chi connectivity index (χ2n) is 4.55. The van der Waals surface area contributed by atoms with Gasteiger partial charge in [0.25, 0.3) is 0 Å². The molecule has 1 saturated heterocycles. The van der Waals surface area contributed by atoms with Crippen LogP contribution in [0.4, 0.5) is 0 Å². The first-order chi connectivity index (χ1) is 8.69. The first-order valence-corrected chi connectivity index (χ1v) is 6.92. The SMILES string of the molecule is COc1ccc(/C=N\N2CC[NH+](C)CC2)cc1Br. The van der Waals surface area contributed by atoms with Gasteiger partial charge in [-0.25, -0.2) is 0 Å². The average Bonchev–Trinajstić information content (AvgIpc) is 2.38. The third-order valence-electron chi connectivity index (χ3n) is 3.14. The molecule has 0 spiro atoms. The molecule has 0 aliphatic carbocycles. The summed E-state index contributed by atoms with van der Waals surface area (Å²) >= 11 is 3.48. The van der Waals surface area contributed by atoms with Crippen LogP contribution >= 0.6 is 15.9 Å². The van der Waals surface area contributed by atoms with Crippen LogP contribution in [-0.2, 0) is 0 Å². The predicted molar refractivity (Wildman–Crippen MR) is 76.5 cm³/mol. The Morgan fingerprint density at radius 1 is 1.39 bits per heavy atom. The van der Waals surface area contributed by atoms with Crippen molar-refractivity contribution in [1.82, 2.24) is 5.01 Å². The molecule has 1 aromatic rings. The highest BCUT2D eigenvalue weighted by Gasteiger charge is 2.13. The summed E-state index contributed by atoms with van der Waals surface area (Å²) in [7, 11) is 3.89. The minimum absolute atomic E-state index is 0.843. The first kappa shape index (κ1) is 13.4. The molecule has 1 aliphatic heterocycles. The molecule has 0 saturated carbocycles. The summed E-state index contributed by atoms with van der Waals surface area (Å²) in [5.74, 6) is 0.843. The summed E-state index contributed by atoms with van der Waals surface area (Å²) in [6, 6.07) is 5.97. The van der Waals surface area contributed by atoms with Gasteiger partial charge in [-0.3, -0.25) is 5.01 Å². The number of piperazine rings is 1. The lowest BCUT2D eigenvalue weighted by molar-refractivity contribution is -0.884. The van der Waals surface area contributed by atoms with E-state index in [-0.39, 0.29) is 0 Å². The van der Waals surface area contributed by atoms with Crippen LogP contribution in [0.2, 0.25) is 0 Å². The minimum atomic E-state index is 0.843. The van der Waals surface area contributed by atoms with Gasteiger partial charge < -0.3 is 9.64 Å². The van der Waals surface area contributed by atoms with Crippen molar-refractivity contribution in [1.29, 1.82) is 0 Å². The van der Waals surface area contributed by atoms with Gasteiger partial charge in [0.05, 0.1) is 51.0 Å². The minimum Gasteiger partial charge on any atom is -0.496 e. The smallest absolute Gasteiger partial charge is 0.133 e. The quantitative estimate of drug-likeness (QED) is 0.829. The number of ether oxygens (including phenoxy) is 1. The van der Waals surface area contributed by atoms with Crippen molar-refractivity contribution in [3.63, 3.8) is 0 Å². The van der Waals surface area contributed by atoms with Crippen molar-refractivity contribution in [2.75, 3.05) is 40.3 Å². The molecular weight excluding hydrogens is 294 g/mol. The number of nitrogens with zero attached hydrogens (tertiary/aromatic N) is 2. The number of nitrogens with one attached hydrogen (secondary N) is 1. The Labute approximate surface area is 116 Å². The standard InChI is InChI=1S/C13H18BrN3O/c1-16-5-7-17(8-6-16)15-10-11-3-4-13(18-2)12(14)9-11/h3-4,9-10H,5-8H2,1-2H3/p+1/b15-10-. The summed E-state index contributed by atoms with van der Waals surface area (Å²) in [5, 5.41) is 6.65. The molecular formula is C13H19BrN3O+. The third kappa shape index (κ3) is 3.46. The molecule has 4 nitrogen and oxygen atoms in total. The maximum atomic E-state index is 5.20. The average molecular weight is 313 g/mol. The van der Waals surface area contributed by atoms with E-state index in [0.717, 1.165) is 42.0 Å². The van der Waals surface area contributed by atoms with Crippen molar-refractivity contribution in [3.05, 3.63) is 28.2 Å². The van der Waals surface area contributed by atoms with Crippen LogP contribution in [0.5, 0.6) is 5.75 Å². The molecule has 0 amide bonds. The number of halogens is 1. The fraction of sp³-hybridized carbons (Fsp3) is 0.462. The molecule has 0 aromatic heterocycles. The van der Waals surface area contributed by atoms with Crippen LogP contribution in [-0.4, -0.2) is 51.6 Å². The fourth-order valence-corrected chi connectivity index (χ4v) is 2.46. The van der Waals surface area contributed by atoms with E-state index in [4.69, 9.17) is 4.74 Å². The summed E-state index contributed by atoms with van der Waals surface area (Å²) in [5.41, 5.74) is 1.08. The van der Waals surface area contributed by atoms with E-state index in [9.17, 15) is 0 Å². The van der Waals surface area contributed by atoms with E-state index in [0.29, 0.717) is 0 Å². The van der Waals surface area contributed by atoms with E-state index >= 15 is 0 Å². The number of methoxy groups -OCH3 is 1. The second kappa shape index (κ2) is 6.20. The van der Waals surface area contributed by atoms with Crippen molar-refractivity contribution < 1.29 is 9.64 Å². The highest BCUT2D eigenvalue weighted by molar-refractivity contribution is 9.10. The summed E-state index contributed by atoms with van der Waals surface area (Å²) in [4.78, 5) is 1.58. The molecule has 1 fully saturated rings.